The summed E-state index contributed by atoms with van der Waals surface area (Å²) in [6.45, 7) is -1.77. The first kappa shape index (κ1) is 14.3. The fraction of sp³-hybridized carbons (Fsp3) is 0.364. The van der Waals surface area contributed by atoms with Gasteiger partial charge in [0.2, 0.25) is 0 Å². The fourth-order valence-electron chi connectivity index (χ4n) is 1.30. The third-order valence-corrected chi connectivity index (χ3v) is 2.05. The minimum absolute atomic E-state index is 0.0404. The van der Waals surface area contributed by atoms with Crippen molar-refractivity contribution in [1.82, 2.24) is 0 Å². The van der Waals surface area contributed by atoms with E-state index in [1.165, 1.54) is 25.3 Å². The van der Waals surface area contributed by atoms with E-state index >= 15 is 0 Å². The molecule has 0 heterocycles. The van der Waals surface area contributed by atoms with Crippen molar-refractivity contribution >= 4 is 5.97 Å². The molecular weight excluding hydrogens is 253 g/mol. The van der Waals surface area contributed by atoms with Crippen LogP contribution in [0.2, 0.25) is 0 Å². The Balaban J connectivity index is 2.78. The molecule has 0 bridgehead atoms. The largest absolute Gasteiger partial charge is 0.496 e. The summed E-state index contributed by atoms with van der Waals surface area (Å²) in [6, 6.07) is 3.89. The predicted octanol–water partition coefficient (Wildman–Crippen LogP) is 2.47. The molecule has 0 amide bonds. The lowest BCUT2D eigenvalue weighted by atomic mass is 10.1. The monoisotopic (exact) mass is 264 g/mol. The summed E-state index contributed by atoms with van der Waals surface area (Å²) in [5.74, 6) is -0.892. The maximum Gasteiger partial charge on any atom is 0.411 e. The number of methoxy groups -OCH3 is 1. The van der Waals surface area contributed by atoms with E-state index < -0.39 is 18.8 Å². The molecule has 0 fully saturated rings. The molecular formula is C11H11F3O4. The summed E-state index contributed by atoms with van der Waals surface area (Å²) >= 11 is 0. The third kappa shape index (κ3) is 4.25. The molecule has 0 aliphatic carbocycles. The van der Waals surface area contributed by atoms with E-state index in [4.69, 9.17) is 9.84 Å². The number of aromatic carboxylic acids is 1. The summed E-state index contributed by atoms with van der Waals surface area (Å²) in [7, 11) is 1.34. The maximum absolute atomic E-state index is 11.9. The zero-order valence-corrected chi connectivity index (χ0v) is 9.45. The van der Waals surface area contributed by atoms with E-state index in [0.717, 1.165) is 0 Å². The smallest absolute Gasteiger partial charge is 0.411 e. The Kier molecular flexibility index (Phi) is 4.55. The highest BCUT2D eigenvalue weighted by Gasteiger charge is 2.27. The first-order valence-electron chi connectivity index (χ1n) is 4.88. The van der Waals surface area contributed by atoms with Crippen molar-refractivity contribution in [3.05, 3.63) is 29.3 Å². The molecule has 0 saturated heterocycles. The van der Waals surface area contributed by atoms with Gasteiger partial charge < -0.3 is 14.6 Å². The molecule has 0 saturated carbocycles. The lowest BCUT2D eigenvalue weighted by Crippen LogP contribution is -2.17. The van der Waals surface area contributed by atoms with Gasteiger partial charge in [-0.25, -0.2) is 4.79 Å². The Morgan fingerprint density at radius 1 is 1.39 bits per heavy atom. The van der Waals surface area contributed by atoms with Crippen molar-refractivity contribution in [3.63, 3.8) is 0 Å². The Labute approximate surface area is 101 Å². The summed E-state index contributed by atoms with van der Waals surface area (Å²) in [4.78, 5) is 10.7. The van der Waals surface area contributed by atoms with Gasteiger partial charge in [0.1, 0.15) is 12.4 Å². The highest BCUT2D eigenvalue weighted by molar-refractivity contribution is 5.88. The van der Waals surface area contributed by atoms with Crippen LogP contribution in [0.4, 0.5) is 13.2 Å². The van der Waals surface area contributed by atoms with Crippen LogP contribution in [-0.2, 0) is 11.3 Å². The first-order valence-corrected chi connectivity index (χ1v) is 4.88. The Morgan fingerprint density at radius 3 is 2.56 bits per heavy atom. The lowest BCUT2D eigenvalue weighted by Gasteiger charge is -2.11. The number of hydrogen-bond donors (Lipinski definition) is 1. The number of benzene rings is 1. The normalized spacial score (nSPS) is 11.3. The number of ether oxygens (including phenoxy) is 2. The van der Waals surface area contributed by atoms with Gasteiger partial charge in [0, 0.05) is 5.56 Å². The van der Waals surface area contributed by atoms with Crippen molar-refractivity contribution in [2.24, 2.45) is 0 Å². The number of hydrogen-bond acceptors (Lipinski definition) is 3. The number of alkyl halides is 3. The molecule has 0 atom stereocenters. The third-order valence-electron chi connectivity index (χ3n) is 2.05. The second-order valence-electron chi connectivity index (χ2n) is 3.44. The molecule has 100 valence electrons. The van der Waals surface area contributed by atoms with E-state index in [2.05, 4.69) is 4.74 Å². The minimum atomic E-state index is -4.42. The fourth-order valence-corrected chi connectivity index (χ4v) is 1.30. The molecule has 4 nitrogen and oxygen atoms in total. The highest BCUT2D eigenvalue weighted by atomic mass is 19.4. The van der Waals surface area contributed by atoms with Crippen LogP contribution in [0.1, 0.15) is 15.9 Å². The molecule has 0 aromatic heterocycles. The second-order valence-corrected chi connectivity index (χ2v) is 3.44. The number of carboxylic acid groups (broad SMARTS) is 1. The van der Waals surface area contributed by atoms with E-state index in [9.17, 15) is 18.0 Å². The van der Waals surface area contributed by atoms with Gasteiger partial charge in [0.05, 0.1) is 19.3 Å². The van der Waals surface area contributed by atoms with E-state index in [1.54, 1.807) is 0 Å². The predicted molar refractivity (Wildman–Crippen MR) is 55.7 cm³/mol. The summed E-state index contributed by atoms with van der Waals surface area (Å²) in [6.07, 6.45) is -4.42. The van der Waals surface area contributed by atoms with Gasteiger partial charge in [0.15, 0.2) is 0 Å². The average molecular weight is 264 g/mol. The SMILES string of the molecule is COc1ccc(C(=O)O)cc1COCC(F)(F)F. The summed E-state index contributed by atoms with van der Waals surface area (Å²) in [5.41, 5.74) is 0.211. The Morgan fingerprint density at radius 2 is 2.06 bits per heavy atom. The average Bonchev–Trinajstić information content (AvgIpc) is 2.27. The van der Waals surface area contributed by atoms with Crippen molar-refractivity contribution in [1.29, 1.82) is 0 Å². The zero-order valence-electron chi connectivity index (χ0n) is 9.45. The Bertz CT molecular complexity index is 429. The van der Waals surface area contributed by atoms with Crippen LogP contribution < -0.4 is 4.74 Å². The van der Waals surface area contributed by atoms with Crippen LogP contribution in [0, 0.1) is 0 Å². The van der Waals surface area contributed by atoms with Gasteiger partial charge in [-0.15, -0.1) is 0 Å². The molecule has 0 aliphatic rings. The molecule has 0 radical (unpaired) electrons. The van der Waals surface area contributed by atoms with Gasteiger partial charge in [-0.2, -0.15) is 13.2 Å². The van der Waals surface area contributed by atoms with Crippen LogP contribution >= 0.6 is 0 Å². The molecule has 0 aliphatic heterocycles. The van der Waals surface area contributed by atoms with Crippen LogP contribution in [0.25, 0.3) is 0 Å². The quantitative estimate of drug-likeness (QED) is 0.887. The van der Waals surface area contributed by atoms with Gasteiger partial charge in [0.25, 0.3) is 0 Å². The van der Waals surface area contributed by atoms with E-state index in [1.807, 2.05) is 0 Å². The molecule has 18 heavy (non-hydrogen) atoms. The molecule has 1 aromatic carbocycles. The van der Waals surface area contributed by atoms with Gasteiger partial charge in [-0.3, -0.25) is 0 Å². The molecule has 7 heteroatoms. The van der Waals surface area contributed by atoms with Crippen LogP contribution in [-0.4, -0.2) is 31.0 Å². The number of rotatable bonds is 5. The van der Waals surface area contributed by atoms with Crippen molar-refractivity contribution in [2.45, 2.75) is 12.8 Å². The van der Waals surface area contributed by atoms with Crippen LogP contribution in [0.3, 0.4) is 0 Å². The molecule has 0 unspecified atom stereocenters. The second kappa shape index (κ2) is 5.72. The lowest BCUT2D eigenvalue weighted by molar-refractivity contribution is -0.176. The Hall–Kier alpha value is -1.76. The first-order chi connectivity index (χ1) is 8.33. The number of carbonyl (C=O) groups is 1. The van der Waals surface area contributed by atoms with Crippen molar-refractivity contribution < 1.29 is 32.5 Å². The summed E-state index contributed by atoms with van der Waals surface area (Å²) < 4.78 is 45.1. The van der Waals surface area contributed by atoms with E-state index in [0.29, 0.717) is 0 Å². The van der Waals surface area contributed by atoms with Crippen LogP contribution in [0.5, 0.6) is 5.75 Å². The van der Waals surface area contributed by atoms with Gasteiger partial charge in [-0.1, -0.05) is 0 Å². The minimum Gasteiger partial charge on any atom is -0.496 e. The number of carboxylic acids is 1. The highest BCUT2D eigenvalue weighted by Crippen LogP contribution is 2.22. The van der Waals surface area contributed by atoms with Crippen LogP contribution in [0.15, 0.2) is 18.2 Å². The van der Waals surface area contributed by atoms with E-state index in [-0.39, 0.29) is 23.5 Å². The molecule has 1 rings (SSSR count). The molecule has 1 aromatic rings. The molecule has 0 spiro atoms. The van der Waals surface area contributed by atoms with Gasteiger partial charge in [-0.05, 0) is 18.2 Å². The molecule has 1 N–H and O–H groups in total. The van der Waals surface area contributed by atoms with Crippen molar-refractivity contribution in [3.8, 4) is 5.75 Å². The van der Waals surface area contributed by atoms with Crippen molar-refractivity contribution in [2.75, 3.05) is 13.7 Å². The summed E-state index contributed by atoms with van der Waals surface area (Å²) in [5, 5.41) is 8.77. The standard InChI is InChI=1S/C11H11F3O4/c1-17-9-3-2-7(10(15)16)4-8(9)5-18-6-11(12,13)14/h2-4H,5-6H2,1H3,(H,15,16). The maximum atomic E-state index is 11.9. The topological polar surface area (TPSA) is 55.8 Å². The zero-order chi connectivity index (χ0) is 13.8. The van der Waals surface area contributed by atoms with Gasteiger partial charge >= 0.3 is 12.1 Å². The number of halogens is 3.